The van der Waals surface area contributed by atoms with Crippen LogP contribution in [0.3, 0.4) is 0 Å². The van der Waals surface area contributed by atoms with Crippen LogP contribution in [0.1, 0.15) is 64.4 Å². The molecule has 8 atom stereocenters. The Morgan fingerprint density at radius 2 is 1.59 bits per heavy atom. The lowest BCUT2D eigenvalue weighted by Gasteiger charge is -2.58. The zero-order valence-electron chi connectivity index (χ0n) is 17.9. The van der Waals surface area contributed by atoms with E-state index in [2.05, 4.69) is 13.8 Å². The van der Waals surface area contributed by atoms with Gasteiger partial charge in [-0.1, -0.05) is 44.2 Å². The molecule has 0 amide bonds. The Morgan fingerprint density at radius 3 is 2.24 bits per heavy atom. The van der Waals surface area contributed by atoms with Crippen molar-refractivity contribution >= 4 is 0 Å². The molecule has 0 saturated heterocycles. The van der Waals surface area contributed by atoms with E-state index in [1.54, 1.807) is 0 Å². The maximum atomic E-state index is 11.9. The first-order valence-electron chi connectivity index (χ1n) is 11.5. The molecule has 0 aliphatic heterocycles. The van der Waals surface area contributed by atoms with E-state index in [0.717, 1.165) is 44.1 Å². The largest absolute Gasteiger partial charge is 0.396 e. The van der Waals surface area contributed by atoms with E-state index in [1.165, 1.54) is 0 Å². The minimum Gasteiger partial charge on any atom is -0.396 e. The summed E-state index contributed by atoms with van der Waals surface area (Å²) in [7, 11) is 0. The van der Waals surface area contributed by atoms with E-state index in [4.69, 9.17) is 0 Å². The van der Waals surface area contributed by atoms with Gasteiger partial charge in [-0.15, -0.1) is 0 Å². The molecule has 4 nitrogen and oxygen atoms in total. The first kappa shape index (κ1) is 21.3. The fourth-order valence-electron chi connectivity index (χ4n) is 7.73. The lowest BCUT2D eigenvalue weighted by atomic mass is 9.48. The predicted octanol–water partition coefficient (Wildman–Crippen LogP) is 3.47. The first-order valence-corrected chi connectivity index (χ1v) is 11.5. The van der Waals surface area contributed by atoms with Crippen LogP contribution in [-0.2, 0) is 5.60 Å². The number of benzene rings is 1. The third kappa shape index (κ3) is 3.10. The van der Waals surface area contributed by atoms with Gasteiger partial charge >= 0.3 is 0 Å². The molecule has 0 aromatic heterocycles. The second kappa shape index (κ2) is 7.64. The highest BCUT2D eigenvalue weighted by atomic mass is 16.3. The predicted molar refractivity (Wildman–Crippen MR) is 113 cm³/mol. The molecule has 4 rings (SSSR count). The van der Waals surface area contributed by atoms with Crippen molar-refractivity contribution in [3.05, 3.63) is 35.9 Å². The summed E-state index contributed by atoms with van der Waals surface area (Å²) in [5.41, 5.74) is -0.175. The Hall–Kier alpha value is -0.940. The fourth-order valence-corrected chi connectivity index (χ4v) is 7.73. The Bertz CT molecular complexity index is 708. The van der Waals surface area contributed by atoms with Gasteiger partial charge in [0.05, 0.1) is 11.7 Å². The van der Waals surface area contributed by atoms with Crippen LogP contribution in [0.25, 0.3) is 0 Å². The molecular formula is C25H38O4. The minimum absolute atomic E-state index is 0.0732. The summed E-state index contributed by atoms with van der Waals surface area (Å²) in [5, 5.41) is 42.6. The van der Waals surface area contributed by atoms with Gasteiger partial charge in [0.2, 0.25) is 0 Å². The molecule has 3 saturated carbocycles. The molecule has 3 aliphatic carbocycles. The molecule has 1 aromatic carbocycles. The molecule has 29 heavy (non-hydrogen) atoms. The van der Waals surface area contributed by atoms with Crippen molar-refractivity contribution in [2.24, 2.45) is 34.5 Å². The quantitative estimate of drug-likeness (QED) is 0.622. The van der Waals surface area contributed by atoms with Crippen molar-refractivity contribution in [3.8, 4) is 0 Å². The van der Waals surface area contributed by atoms with E-state index in [-0.39, 0.29) is 47.9 Å². The van der Waals surface area contributed by atoms with E-state index in [9.17, 15) is 20.4 Å². The number of aliphatic hydroxyl groups excluding tert-OH is 3. The number of aliphatic hydroxyl groups is 4. The molecule has 162 valence electrons. The average molecular weight is 403 g/mol. The summed E-state index contributed by atoms with van der Waals surface area (Å²) in [6.45, 7) is 4.73. The summed E-state index contributed by atoms with van der Waals surface area (Å²) < 4.78 is 0. The van der Waals surface area contributed by atoms with Crippen molar-refractivity contribution in [2.45, 2.75) is 70.5 Å². The third-order valence-electron chi connectivity index (χ3n) is 9.62. The highest BCUT2D eigenvalue weighted by Gasteiger charge is 2.63. The van der Waals surface area contributed by atoms with Crippen LogP contribution in [-0.4, -0.2) is 39.7 Å². The van der Waals surface area contributed by atoms with E-state index < -0.39 is 5.60 Å². The normalized spacial score (nSPS) is 47.7. The molecular weight excluding hydrogens is 364 g/mol. The van der Waals surface area contributed by atoms with Gasteiger partial charge in [0.15, 0.2) is 0 Å². The Morgan fingerprint density at radius 1 is 0.897 bits per heavy atom. The highest BCUT2D eigenvalue weighted by molar-refractivity contribution is 5.29. The van der Waals surface area contributed by atoms with Crippen LogP contribution in [0.5, 0.6) is 0 Å². The van der Waals surface area contributed by atoms with Gasteiger partial charge in [0.1, 0.15) is 0 Å². The summed E-state index contributed by atoms with van der Waals surface area (Å²) in [6, 6.07) is 10.1. The van der Waals surface area contributed by atoms with Gasteiger partial charge in [-0.3, -0.25) is 0 Å². The van der Waals surface area contributed by atoms with Gasteiger partial charge in [-0.2, -0.15) is 0 Å². The minimum atomic E-state index is -0.850. The molecule has 8 unspecified atom stereocenters. The van der Waals surface area contributed by atoms with Crippen LogP contribution in [0, 0.1) is 34.5 Å². The smallest absolute Gasteiger partial charge is 0.0952 e. The summed E-state index contributed by atoms with van der Waals surface area (Å²) in [5.74, 6) is 0.776. The van der Waals surface area contributed by atoms with Crippen LogP contribution >= 0.6 is 0 Å². The van der Waals surface area contributed by atoms with Gasteiger partial charge < -0.3 is 20.4 Å². The zero-order chi connectivity index (χ0) is 20.9. The lowest BCUT2D eigenvalue weighted by molar-refractivity contribution is -0.153. The van der Waals surface area contributed by atoms with Gasteiger partial charge in [-0.05, 0) is 79.6 Å². The molecule has 0 bridgehead atoms. The van der Waals surface area contributed by atoms with Crippen LogP contribution in [0.2, 0.25) is 0 Å². The lowest BCUT2D eigenvalue weighted by Crippen LogP contribution is -2.55. The maximum absolute atomic E-state index is 11.9. The second-order valence-electron chi connectivity index (χ2n) is 10.6. The average Bonchev–Trinajstić information content (AvgIpc) is 3.01. The molecule has 0 heterocycles. The van der Waals surface area contributed by atoms with Crippen molar-refractivity contribution in [2.75, 3.05) is 13.2 Å². The standard InChI is InChI=1S/C25H38O4/c1-23(11-8-19(28)14-18(23)15-26)21-9-12-24(2)22(20(21)16-27)10-13-25(24,29)17-6-4-3-5-7-17/h3-7,18-22,26-29H,8-16H2,1-2H3. The number of fused-ring (bicyclic) bond motifs is 1. The van der Waals surface area contributed by atoms with Crippen molar-refractivity contribution in [3.63, 3.8) is 0 Å². The van der Waals surface area contributed by atoms with Gasteiger partial charge in [0, 0.05) is 18.6 Å². The summed E-state index contributed by atoms with van der Waals surface area (Å²) in [6.07, 6.45) is 5.54. The monoisotopic (exact) mass is 402 g/mol. The van der Waals surface area contributed by atoms with Crippen LogP contribution < -0.4 is 0 Å². The van der Waals surface area contributed by atoms with E-state index in [1.807, 2.05) is 30.3 Å². The van der Waals surface area contributed by atoms with E-state index in [0.29, 0.717) is 12.3 Å². The van der Waals surface area contributed by atoms with Crippen molar-refractivity contribution < 1.29 is 20.4 Å². The molecule has 4 heteroatoms. The van der Waals surface area contributed by atoms with Gasteiger partial charge in [0.25, 0.3) is 0 Å². The van der Waals surface area contributed by atoms with Crippen LogP contribution in [0.4, 0.5) is 0 Å². The second-order valence-corrected chi connectivity index (χ2v) is 10.6. The topological polar surface area (TPSA) is 80.9 Å². The number of rotatable bonds is 4. The van der Waals surface area contributed by atoms with Crippen molar-refractivity contribution in [1.29, 1.82) is 0 Å². The fraction of sp³-hybridized carbons (Fsp3) is 0.760. The Labute approximate surface area is 175 Å². The van der Waals surface area contributed by atoms with Crippen molar-refractivity contribution in [1.82, 2.24) is 0 Å². The Kier molecular flexibility index (Phi) is 5.61. The first-order chi connectivity index (χ1) is 13.8. The van der Waals surface area contributed by atoms with E-state index >= 15 is 0 Å². The Balaban J connectivity index is 1.66. The third-order valence-corrected chi connectivity index (χ3v) is 9.62. The SMILES string of the molecule is CC1(C2CCC3(C)C(CCC3(O)c3ccccc3)C2CO)CCC(O)CC1CO. The molecule has 0 radical (unpaired) electrons. The molecule has 4 N–H and O–H groups in total. The molecule has 0 spiro atoms. The number of hydrogen-bond acceptors (Lipinski definition) is 4. The molecule has 3 fully saturated rings. The summed E-state index contributed by atoms with van der Waals surface area (Å²) in [4.78, 5) is 0. The van der Waals surface area contributed by atoms with Gasteiger partial charge in [-0.25, -0.2) is 0 Å². The summed E-state index contributed by atoms with van der Waals surface area (Å²) >= 11 is 0. The zero-order valence-corrected chi connectivity index (χ0v) is 17.9. The molecule has 1 aromatic rings. The van der Waals surface area contributed by atoms with Crippen LogP contribution in [0.15, 0.2) is 30.3 Å². The molecule has 3 aliphatic rings. The highest BCUT2D eigenvalue weighted by Crippen LogP contribution is 2.67. The maximum Gasteiger partial charge on any atom is 0.0952 e. The number of hydrogen-bond donors (Lipinski definition) is 4.